The van der Waals surface area contributed by atoms with Gasteiger partial charge in [-0.25, -0.2) is 4.79 Å². The minimum Gasteiger partial charge on any atom is -0.445 e. The van der Waals surface area contributed by atoms with Gasteiger partial charge in [0.15, 0.2) is 0 Å². The van der Waals surface area contributed by atoms with Gasteiger partial charge in [0.1, 0.15) is 12.6 Å². The van der Waals surface area contributed by atoms with Crippen LogP contribution in [0.15, 0.2) is 18.2 Å². The Morgan fingerprint density at radius 3 is 2.65 bits per heavy atom. The Morgan fingerprint density at radius 2 is 1.97 bits per heavy atom. The SMILES string of the molecule is CC(C)(C)[C@H]1C[C@H](NC(=O)OCc2ccc3c(c2)C(=O)N(C2CCC(=O)NC2=O)C3)C1. The van der Waals surface area contributed by atoms with Crippen molar-refractivity contribution in [3.8, 4) is 0 Å². The first-order chi connectivity index (χ1) is 14.6. The first kappa shape index (κ1) is 21.3. The molecule has 0 spiro atoms. The van der Waals surface area contributed by atoms with Crippen LogP contribution in [0.2, 0.25) is 0 Å². The summed E-state index contributed by atoms with van der Waals surface area (Å²) >= 11 is 0. The first-order valence-electron chi connectivity index (χ1n) is 10.8. The Morgan fingerprint density at radius 1 is 1.23 bits per heavy atom. The van der Waals surface area contributed by atoms with Gasteiger partial charge in [0.25, 0.3) is 5.91 Å². The smallest absolute Gasteiger partial charge is 0.407 e. The molecular weight excluding hydrogens is 398 g/mol. The molecule has 166 valence electrons. The number of ether oxygens (including phenoxy) is 1. The molecule has 2 N–H and O–H groups in total. The Kier molecular flexibility index (Phi) is 5.49. The molecule has 0 radical (unpaired) electrons. The highest BCUT2D eigenvalue weighted by Gasteiger charge is 2.39. The zero-order valence-electron chi connectivity index (χ0n) is 18.2. The first-order valence-corrected chi connectivity index (χ1v) is 10.8. The van der Waals surface area contributed by atoms with Crippen molar-refractivity contribution in [2.75, 3.05) is 0 Å². The molecular formula is C23H29N3O5. The minimum atomic E-state index is -0.637. The lowest BCUT2D eigenvalue weighted by Gasteiger charge is -2.43. The number of hydrogen-bond acceptors (Lipinski definition) is 5. The van der Waals surface area contributed by atoms with E-state index < -0.39 is 18.0 Å². The maximum atomic E-state index is 12.9. The van der Waals surface area contributed by atoms with E-state index in [1.807, 2.05) is 12.1 Å². The Bertz CT molecular complexity index is 930. The van der Waals surface area contributed by atoms with Crippen LogP contribution in [0.5, 0.6) is 0 Å². The van der Waals surface area contributed by atoms with Crippen molar-refractivity contribution in [2.24, 2.45) is 11.3 Å². The summed E-state index contributed by atoms with van der Waals surface area (Å²) in [6, 6.07) is 4.89. The molecule has 1 saturated carbocycles. The number of carbonyl (C=O) groups excluding carboxylic acids is 4. The molecule has 2 heterocycles. The van der Waals surface area contributed by atoms with Crippen molar-refractivity contribution >= 4 is 23.8 Å². The summed E-state index contributed by atoms with van der Waals surface area (Å²) in [6.07, 6.45) is 2.03. The van der Waals surface area contributed by atoms with Crippen LogP contribution in [0, 0.1) is 11.3 Å². The highest BCUT2D eigenvalue weighted by Crippen LogP contribution is 2.41. The summed E-state index contributed by atoms with van der Waals surface area (Å²) in [7, 11) is 0. The van der Waals surface area contributed by atoms with E-state index in [2.05, 4.69) is 31.4 Å². The predicted molar refractivity (Wildman–Crippen MR) is 112 cm³/mol. The summed E-state index contributed by atoms with van der Waals surface area (Å²) in [5.41, 5.74) is 2.30. The van der Waals surface area contributed by atoms with E-state index in [0.717, 1.165) is 18.4 Å². The van der Waals surface area contributed by atoms with Gasteiger partial charge in [-0.3, -0.25) is 19.7 Å². The zero-order valence-corrected chi connectivity index (χ0v) is 18.2. The van der Waals surface area contributed by atoms with Gasteiger partial charge >= 0.3 is 6.09 Å². The Hall–Kier alpha value is -2.90. The van der Waals surface area contributed by atoms with Gasteiger partial charge in [0, 0.05) is 24.6 Å². The van der Waals surface area contributed by atoms with Crippen molar-refractivity contribution in [3.05, 3.63) is 34.9 Å². The van der Waals surface area contributed by atoms with Gasteiger partial charge in [0.05, 0.1) is 0 Å². The third-order valence-corrected chi connectivity index (χ3v) is 6.65. The van der Waals surface area contributed by atoms with Gasteiger partial charge in [-0.05, 0) is 47.8 Å². The summed E-state index contributed by atoms with van der Waals surface area (Å²) < 4.78 is 5.35. The lowest BCUT2D eigenvalue weighted by atomic mass is 9.66. The average Bonchev–Trinajstić information content (AvgIpc) is 2.98. The quantitative estimate of drug-likeness (QED) is 0.719. The fraction of sp³-hybridized carbons (Fsp3) is 0.565. The fourth-order valence-electron chi connectivity index (χ4n) is 4.49. The van der Waals surface area contributed by atoms with Gasteiger partial charge in [-0.2, -0.15) is 0 Å². The second-order valence-corrected chi connectivity index (χ2v) is 9.84. The van der Waals surface area contributed by atoms with Crippen molar-refractivity contribution in [1.82, 2.24) is 15.5 Å². The molecule has 3 aliphatic rings. The Labute approximate surface area is 181 Å². The van der Waals surface area contributed by atoms with Crippen LogP contribution in [0.1, 0.15) is 67.9 Å². The number of benzene rings is 1. The van der Waals surface area contributed by atoms with E-state index in [0.29, 0.717) is 30.0 Å². The highest BCUT2D eigenvalue weighted by atomic mass is 16.5. The van der Waals surface area contributed by atoms with Crippen molar-refractivity contribution in [2.45, 2.75) is 71.7 Å². The number of nitrogens with one attached hydrogen (secondary N) is 2. The number of amides is 4. The zero-order chi connectivity index (χ0) is 22.3. The molecule has 31 heavy (non-hydrogen) atoms. The van der Waals surface area contributed by atoms with Crippen LogP contribution in [-0.4, -0.2) is 40.8 Å². The van der Waals surface area contributed by atoms with Crippen LogP contribution < -0.4 is 10.6 Å². The van der Waals surface area contributed by atoms with E-state index in [4.69, 9.17) is 4.74 Å². The third-order valence-electron chi connectivity index (χ3n) is 6.65. The van der Waals surface area contributed by atoms with Crippen LogP contribution in [0.3, 0.4) is 0 Å². The van der Waals surface area contributed by atoms with Crippen LogP contribution in [-0.2, 0) is 27.5 Å². The number of rotatable bonds is 4. The van der Waals surface area contributed by atoms with Gasteiger partial charge in [-0.1, -0.05) is 32.9 Å². The molecule has 1 atom stereocenters. The Balaban J connectivity index is 1.31. The van der Waals surface area contributed by atoms with E-state index in [1.54, 1.807) is 6.07 Å². The van der Waals surface area contributed by atoms with Gasteiger partial charge < -0.3 is 15.0 Å². The molecule has 1 aliphatic carbocycles. The lowest BCUT2D eigenvalue weighted by molar-refractivity contribution is -0.136. The summed E-state index contributed by atoms with van der Waals surface area (Å²) in [6.45, 7) is 7.03. The molecule has 8 nitrogen and oxygen atoms in total. The standard InChI is InChI=1S/C23H29N3O5/c1-23(2,3)15-9-16(10-15)24-22(30)31-12-13-4-5-14-11-26(21(29)17(14)8-13)18-6-7-19(27)25-20(18)28/h4-5,8,15-16,18H,6-7,9-12H2,1-3H3,(H,24,30)(H,25,27,28)/t15-,16-,18?. The number of nitrogens with zero attached hydrogens (tertiary/aromatic N) is 1. The second-order valence-electron chi connectivity index (χ2n) is 9.84. The monoisotopic (exact) mass is 427 g/mol. The normalized spacial score (nSPS) is 25.6. The molecule has 4 amide bonds. The molecule has 0 bridgehead atoms. The average molecular weight is 428 g/mol. The maximum Gasteiger partial charge on any atom is 0.407 e. The fourth-order valence-corrected chi connectivity index (χ4v) is 4.49. The number of piperidine rings is 1. The molecule has 2 aliphatic heterocycles. The van der Waals surface area contributed by atoms with Gasteiger partial charge in [-0.15, -0.1) is 0 Å². The molecule has 1 saturated heterocycles. The number of imide groups is 1. The molecule has 2 fully saturated rings. The second kappa shape index (κ2) is 7.98. The lowest BCUT2D eigenvalue weighted by Crippen LogP contribution is -2.52. The van der Waals surface area contributed by atoms with Crippen molar-refractivity contribution in [3.63, 3.8) is 0 Å². The van der Waals surface area contributed by atoms with Gasteiger partial charge in [0.2, 0.25) is 11.8 Å². The largest absolute Gasteiger partial charge is 0.445 e. The number of carbonyl (C=O) groups is 4. The molecule has 1 aromatic carbocycles. The van der Waals surface area contributed by atoms with E-state index >= 15 is 0 Å². The topological polar surface area (TPSA) is 105 Å². The third kappa shape index (κ3) is 4.43. The summed E-state index contributed by atoms with van der Waals surface area (Å²) in [4.78, 5) is 50.0. The molecule has 4 rings (SSSR count). The molecule has 1 aromatic rings. The number of alkyl carbamates (subject to hydrolysis) is 1. The number of fused-ring (bicyclic) bond motifs is 1. The highest BCUT2D eigenvalue weighted by molar-refractivity contribution is 6.05. The maximum absolute atomic E-state index is 12.9. The van der Waals surface area contributed by atoms with Crippen LogP contribution in [0.4, 0.5) is 4.79 Å². The van der Waals surface area contributed by atoms with E-state index in [1.165, 1.54) is 4.90 Å². The molecule has 8 heteroatoms. The van der Waals surface area contributed by atoms with Crippen LogP contribution >= 0.6 is 0 Å². The molecule has 1 unspecified atom stereocenters. The summed E-state index contributed by atoms with van der Waals surface area (Å²) in [5.74, 6) is -0.368. The number of hydrogen-bond donors (Lipinski definition) is 2. The van der Waals surface area contributed by atoms with Crippen LogP contribution in [0.25, 0.3) is 0 Å². The van der Waals surface area contributed by atoms with Crippen molar-refractivity contribution in [1.29, 1.82) is 0 Å². The predicted octanol–water partition coefficient (Wildman–Crippen LogP) is 2.50. The van der Waals surface area contributed by atoms with E-state index in [-0.39, 0.29) is 36.3 Å². The summed E-state index contributed by atoms with van der Waals surface area (Å²) in [5, 5.41) is 5.20. The minimum absolute atomic E-state index is 0.0697. The van der Waals surface area contributed by atoms with E-state index in [9.17, 15) is 19.2 Å². The van der Waals surface area contributed by atoms with Crippen molar-refractivity contribution < 1.29 is 23.9 Å². The molecule has 0 aromatic heterocycles.